The zero-order valence-electron chi connectivity index (χ0n) is 9.49. The molecule has 0 saturated heterocycles. The van der Waals surface area contributed by atoms with Crippen molar-refractivity contribution in [2.45, 2.75) is 44.4 Å². The zero-order chi connectivity index (χ0) is 11.5. The first-order chi connectivity index (χ1) is 7.65. The maximum absolute atomic E-state index is 13.4. The number of benzene rings is 1. The molecule has 1 aromatic carbocycles. The quantitative estimate of drug-likeness (QED) is 0.816. The van der Waals surface area contributed by atoms with Crippen LogP contribution in [0.3, 0.4) is 0 Å². The predicted octanol–water partition coefficient (Wildman–Crippen LogP) is 1.87. The SMILES string of the molecule is CC(Cc1ccccc1F)NC1CC(O)C1. The molecule has 16 heavy (non-hydrogen) atoms. The molecule has 0 aliphatic heterocycles. The molecule has 2 nitrogen and oxygen atoms in total. The Morgan fingerprint density at radius 1 is 1.44 bits per heavy atom. The van der Waals surface area contributed by atoms with Gasteiger partial charge in [0, 0.05) is 12.1 Å². The Morgan fingerprint density at radius 2 is 2.12 bits per heavy atom. The van der Waals surface area contributed by atoms with Crippen LogP contribution in [-0.2, 0) is 6.42 Å². The smallest absolute Gasteiger partial charge is 0.126 e. The third kappa shape index (κ3) is 2.80. The van der Waals surface area contributed by atoms with Crippen molar-refractivity contribution in [2.75, 3.05) is 0 Å². The normalized spacial score (nSPS) is 26.2. The fourth-order valence-electron chi connectivity index (χ4n) is 2.18. The predicted molar refractivity (Wildman–Crippen MR) is 61.7 cm³/mol. The first-order valence-electron chi connectivity index (χ1n) is 5.82. The minimum Gasteiger partial charge on any atom is -0.393 e. The summed E-state index contributed by atoms with van der Waals surface area (Å²) in [6.07, 6.45) is 2.20. The number of hydrogen-bond donors (Lipinski definition) is 2. The van der Waals surface area contributed by atoms with E-state index in [1.807, 2.05) is 12.1 Å². The number of nitrogens with one attached hydrogen (secondary N) is 1. The van der Waals surface area contributed by atoms with Gasteiger partial charge in [-0.2, -0.15) is 0 Å². The van der Waals surface area contributed by atoms with Crippen molar-refractivity contribution < 1.29 is 9.50 Å². The number of aliphatic hydroxyl groups is 1. The van der Waals surface area contributed by atoms with Gasteiger partial charge in [-0.3, -0.25) is 0 Å². The lowest BCUT2D eigenvalue weighted by atomic mass is 9.88. The van der Waals surface area contributed by atoms with Gasteiger partial charge in [0.25, 0.3) is 0 Å². The molecule has 1 fully saturated rings. The van der Waals surface area contributed by atoms with Gasteiger partial charge in [-0.15, -0.1) is 0 Å². The van der Waals surface area contributed by atoms with Crippen LogP contribution >= 0.6 is 0 Å². The van der Waals surface area contributed by atoms with Crippen LogP contribution in [-0.4, -0.2) is 23.3 Å². The maximum atomic E-state index is 13.4. The molecule has 1 atom stereocenters. The van der Waals surface area contributed by atoms with Crippen LogP contribution in [0.5, 0.6) is 0 Å². The van der Waals surface area contributed by atoms with E-state index in [2.05, 4.69) is 12.2 Å². The lowest BCUT2D eigenvalue weighted by Gasteiger charge is -2.34. The summed E-state index contributed by atoms with van der Waals surface area (Å²) in [7, 11) is 0. The van der Waals surface area contributed by atoms with Gasteiger partial charge in [0.2, 0.25) is 0 Å². The Hall–Kier alpha value is -0.930. The number of halogens is 1. The van der Waals surface area contributed by atoms with Gasteiger partial charge in [0.1, 0.15) is 5.82 Å². The van der Waals surface area contributed by atoms with E-state index >= 15 is 0 Å². The highest BCUT2D eigenvalue weighted by molar-refractivity contribution is 5.18. The second kappa shape index (κ2) is 4.93. The van der Waals surface area contributed by atoms with Gasteiger partial charge in [-0.1, -0.05) is 18.2 Å². The standard InChI is InChI=1S/C13H18FNO/c1-9(15-11-7-12(16)8-11)6-10-4-2-3-5-13(10)14/h2-5,9,11-12,15-16H,6-8H2,1H3. The summed E-state index contributed by atoms with van der Waals surface area (Å²) < 4.78 is 13.4. The van der Waals surface area contributed by atoms with Crippen LogP contribution in [0.4, 0.5) is 4.39 Å². The van der Waals surface area contributed by atoms with Crippen LogP contribution in [0.15, 0.2) is 24.3 Å². The third-order valence-corrected chi connectivity index (χ3v) is 3.12. The maximum Gasteiger partial charge on any atom is 0.126 e. The molecule has 1 saturated carbocycles. The van der Waals surface area contributed by atoms with Gasteiger partial charge in [-0.25, -0.2) is 4.39 Å². The van der Waals surface area contributed by atoms with Crippen LogP contribution in [0, 0.1) is 5.82 Å². The van der Waals surface area contributed by atoms with E-state index in [-0.39, 0.29) is 18.0 Å². The molecule has 0 aromatic heterocycles. The summed E-state index contributed by atoms with van der Waals surface area (Å²) in [4.78, 5) is 0. The zero-order valence-corrected chi connectivity index (χ0v) is 9.49. The molecule has 0 radical (unpaired) electrons. The second-order valence-electron chi connectivity index (χ2n) is 4.69. The summed E-state index contributed by atoms with van der Waals surface area (Å²) in [6.45, 7) is 2.05. The molecular weight excluding hydrogens is 205 g/mol. The minimum absolute atomic E-state index is 0.134. The lowest BCUT2D eigenvalue weighted by molar-refractivity contribution is 0.0586. The Morgan fingerprint density at radius 3 is 2.75 bits per heavy atom. The van der Waals surface area contributed by atoms with Gasteiger partial charge < -0.3 is 10.4 Å². The van der Waals surface area contributed by atoms with Crippen molar-refractivity contribution in [2.24, 2.45) is 0 Å². The molecule has 88 valence electrons. The monoisotopic (exact) mass is 223 g/mol. The fraction of sp³-hybridized carbons (Fsp3) is 0.538. The molecule has 1 aliphatic rings. The van der Waals surface area contributed by atoms with Crippen molar-refractivity contribution in [3.8, 4) is 0 Å². The lowest BCUT2D eigenvalue weighted by Crippen LogP contribution is -2.48. The molecule has 0 bridgehead atoms. The highest BCUT2D eigenvalue weighted by Crippen LogP contribution is 2.20. The first-order valence-corrected chi connectivity index (χ1v) is 5.82. The van der Waals surface area contributed by atoms with E-state index in [0.29, 0.717) is 12.5 Å². The molecule has 3 heteroatoms. The molecule has 0 amide bonds. The molecule has 0 spiro atoms. The summed E-state index contributed by atoms with van der Waals surface area (Å²) in [6, 6.07) is 7.53. The van der Waals surface area contributed by atoms with Crippen molar-refractivity contribution in [3.63, 3.8) is 0 Å². The highest BCUT2D eigenvalue weighted by atomic mass is 19.1. The van der Waals surface area contributed by atoms with Gasteiger partial charge in [0.05, 0.1) is 6.10 Å². The molecule has 1 aliphatic carbocycles. The highest BCUT2D eigenvalue weighted by Gasteiger charge is 2.27. The van der Waals surface area contributed by atoms with E-state index in [1.165, 1.54) is 6.07 Å². The van der Waals surface area contributed by atoms with Crippen molar-refractivity contribution >= 4 is 0 Å². The van der Waals surface area contributed by atoms with E-state index < -0.39 is 0 Å². The third-order valence-electron chi connectivity index (χ3n) is 3.12. The summed E-state index contributed by atoms with van der Waals surface area (Å²) in [5.41, 5.74) is 0.752. The van der Waals surface area contributed by atoms with E-state index in [4.69, 9.17) is 5.11 Å². The topological polar surface area (TPSA) is 32.3 Å². The van der Waals surface area contributed by atoms with Gasteiger partial charge in [0.15, 0.2) is 0 Å². The van der Waals surface area contributed by atoms with Crippen molar-refractivity contribution in [1.82, 2.24) is 5.32 Å². The fourth-order valence-corrected chi connectivity index (χ4v) is 2.18. The number of hydrogen-bond acceptors (Lipinski definition) is 2. The van der Waals surface area contributed by atoms with Gasteiger partial charge >= 0.3 is 0 Å². The Kier molecular flexibility index (Phi) is 3.56. The Labute approximate surface area is 95.5 Å². The van der Waals surface area contributed by atoms with Crippen molar-refractivity contribution in [1.29, 1.82) is 0 Å². The Bertz CT molecular complexity index is 350. The molecule has 2 N–H and O–H groups in total. The second-order valence-corrected chi connectivity index (χ2v) is 4.69. The van der Waals surface area contributed by atoms with Crippen molar-refractivity contribution in [3.05, 3.63) is 35.6 Å². The average molecular weight is 223 g/mol. The number of aliphatic hydroxyl groups excluding tert-OH is 1. The Balaban J connectivity index is 1.83. The van der Waals surface area contributed by atoms with Crippen LogP contribution in [0.1, 0.15) is 25.3 Å². The van der Waals surface area contributed by atoms with E-state index in [0.717, 1.165) is 18.4 Å². The van der Waals surface area contributed by atoms with Crippen LogP contribution in [0.2, 0.25) is 0 Å². The largest absolute Gasteiger partial charge is 0.393 e. The van der Waals surface area contributed by atoms with E-state index in [1.54, 1.807) is 6.07 Å². The molecule has 2 rings (SSSR count). The van der Waals surface area contributed by atoms with E-state index in [9.17, 15) is 4.39 Å². The molecule has 1 unspecified atom stereocenters. The molecule has 1 aromatic rings. The average Bonchev–Trinajstić information content (AvgIpc) is 2.19. The summed E-state index contributed by atoms with van der Waals surface area (Å²) in [5, 5.41) is 12.6. The summed E-state index contributed by atoms with van der Waals surface area (Å²) in [5.74, 6) is -0.134. The summed E-state index contributed by atoms with van der Waals surface area (Å²) >= 11 is 0. The van der Waals surface area contributed by atoms with Gasteiger partial charge in [-0.05, 0) is 37.8 Å². The minimum atomic E-state index is -0.141. The van der Waals surface area contributed by atoms with Crippen LogP contribution in [0.25, 0.3) is 0 Å². The number of rotatable bonds is 4. The molecule has 0 heterocycles. The first kappa shape index (κ1) is 11.6. The molecular formula is C13H18FNO. The van der Waals surface area contributed by atoms with Crippen LogP contribution < -0.4 is 5.32 Å².